The zero-order chi connectivity index (χ0) is 19.7. The fourth-order valence-electron chi connectivity index (χ4n) is 4.06. The number of nitrogens with zero attached hydrogens (tertiary/aromatic N) is 2. The maximum atomic E-state index is 9.53. The standard InChI is InChI=1S/C22H38N4O.HI/c1-5-23-21(25-17-22(13-14-27)11-7-6-8-12-22)24-16-19-10-9-18(2)15-20(19)26(3)4;/h9-10,15,27H,5-8,11-14,16-17H2,1-4H3,(H2,23,24,25);1H. The van der Waals surface area contributed by atoms with Gasteiger partial charge in [0.25, 0.3) is 0 Å². The molecular formula is C22H39IN4O. The normalized spacial score (nSPS) is 16.2. The topological polar surface area (TPSA) is 59.9 Å². The van der Waals surface area contributed by atoms with E-state index in [1.54, 1.807) is 0 Å². The minimum Gasteiger partial charge on any atom is -0.396 e. The molecule has 1 fully saturated rings. The molecule has 0 aromatic heterocycles. The van der Waals surface area contributed by atoms with E-state index in [9.17, 15) is 5.11 Å². The monoisotopic (exact) mass is 502 g/mol. The summed E-state index contributed by atoms with van der Waals surface area (Å²) >= 11 is 0. The molecule has 0 saturated heterocycles. The highest BCUT2D eigenvalue weighted by molar-refractivity contribution is 14.0. The number of aliphatic imine (C=N–C) groups is 1. The summed E-state index contributed by atoms with van der Waals surface area (Å²) in [6, 6.07) is 6.53. The highest BCUT2D eigenvalue weighted by Gasteiger charge is 2.31. The molecule has 3 N–H and O–H groups in total. The highest BCUT2D eigenvalue weighted by atomic mass is 127. The van der Waals surface area contributed by atoms with Gasteiger partial charge < -0.3 is 20.6 Å². The van der Waals surface area contributed by atoms with Crippen LogP contribution in [0.1, 0.15) is 56.6 Å². The number of anilines is 1. The van der Waals surface area contributed by atoms with Crippen molar-refractivity contribution in [2.75, 3.05) is 38.7 Å². The quantitative estimate of drug-likeness (QED) is 0.285. The first kappa shape index (κ1) is 25.0. The maximum absolute atomic E-state index is 9.53. The Morgan fingerprint density at radius 2 is 1.89 bits per heavy atom. The van der Waals surface area contributed by atoms with Crippen LogP contribution in [0.25, 0.3) is 0 Å². The van der Waals surface area contributed by atoms with E-state index in [0.29, 0.717) is 6.54 Å². The molecule has 160 valence electrons. The second-order valence-electron chi connectivity index (χ2n) is 8.11. The molecule has 1 aromatic rings. The van der Waals surface area contributed by atoms with Gasteiger partial charge in [-0.1, -0.05) is 31.4 Å². The van der Waals surface area contributed by atoms with Crippen LogP contribution in [0.3, 0.4) is 0 Å². The Balaban J connectivity index is 0.00000392. The number of halogens is 1. The van der Waals surface area contributed by atoms with Crippen LogP contribution in [0.15, 0.2) is 23.2 Å². The van der Waals surface area contributed by atoms with E-state index in [1.165, 1.54) is 48.9 Å². The van der Waals surface area contributed by atoms with Gasteiger partial charge in [0, 0.05) is 39.5 Å². The second-order valence-corrected chi connectivity index (χ2v) is 8.11. The summed E-state index contributed by atoms with van der Waals surface area (Å²) in [5.41, 5.74) is 3.92. The fourth-order valence-corrected chi connectivity index (χ4v) is 4.06. The number of benzene rings is 1. The molecule has 0 bridgehead atoms. The van der Waals surface area contributed by atoms with Crippen molar-refractivity contribution in [1.29, 1.82) is 0 Å². The fraction of sp³-hybridized carbons (Fsp3) is 0.682. The van der Waals surface area contributed by atoms with Crippen molar-refractivity contribution in [1.82, 2.24) is 10.6 Å². The molecule has 5 nitrogen and oxygen atoms in total. The van der Waals surface area contributed by atoms with Gasteiger partial charge in [-0.25, -0.2) is 4.99 Å². The molecule has 0 spiro atoms. The number of guanidine groups is 1. The summed E-state index contributed by atoms with van der Waals surface area (Å²) in [6.07, 6.45) is 7.13. The summed E-state index contributed by atoms with van der Waals surface area (Å²) in [5, 5.41) is 16.5. The third-order valence-electron chi connectivity index (χ3n) is 5.66. The molecule has 1 aromatic carbocycles. The Morgan fingerprint density at radius 3 is 2.50 bits per heavy atom. The van der Waals surface area contributed by atoms with Crippen LogP contribution in [0.5, 0.6) is 0 Å². The van der Waals surface area contributed by atoms with Gasteiger partial charge in [-0.3, -0.25) is 0 Å². The largest absolute Gasteiger partial charge is 0.396 e. The number of nitrogens with one attached hydrogen (secondary N) is 2. The summed E-state index contributed by atoms with van der Waals surface area (Å²) < 4.78 is 0. The van der Waals surface area contributed by atoms with Gasteiger partial charge in [0.15, 0.2) is 5.96 Å². The predicted octanol–water partition coefficient (Wildman–Crippen LogP) is 4.07. The average molecular weight is 502 g/mol. The third-order valence-corrected chi connectivity index (χ3v) is 5.66. The summed E-state index contributed by atoms with van der Waals surface area (Å²) in [4.78, 5) is 6.99. The van der Waals surface area contributed by atoms with Gasteiger partial charge in [-0.05, 0) is 55.7 Å². The molecule has 0 atom stereocenters. The van der Waals surface area contributed by atoms with Crippen LogP contribution in [-0.4, -0.2) is 44.9 Å². The number of aliphatic hydroxyl groups excluding tert-OH is 1. The number of hydrogen-bond donors (Lipinski definition) is 3. The van der Waals surface area contributed by atoms with Crippen LogP contribution in [0, 0.1) is 12.3 Å². The Hall–Kier alpha value is -1.02. The van der Waals surface area contributed by atoms with Crippen LogP contribution in [-0.2, 0) is 6.54 Å². The van der Waals surface area contributed by atoms with Gasteiger partial charge in [-0.2, -0.15) is 0 Å². The van der Waals surface area contributed by atoms with E-state index >= 15 is 0 Å². The smallest absolute Gasteiger partial charge is 0.191 e. The summed E-state index contributed by atoms with van der Waals surface area (Å²) in [5.74, 6) is 0.866. The van der Waals surface area contributed by atoms with Gasteiger partial charge in [0.2, 0.25) is 0 Å². The molecule has 0 heterocycles. The van der Waals surface area contributed by atoms with Crippen LogP contribution >= 0.6 is 24.0 Å². The van der Waals surface area contributed by atoms with Crippen molar-refractivity contribution < 1.29 is 5.11 Å². The minimum atomic E-state index is 0. The number of aliphatic hydroxyl groups is 1. The van der Waals surface area contributed by atoms with E-state index in [-0.39, 0.29) is 36.0 Å². The van der Waals surface area contributed by atoms with E-state index < -0.39 is 0 Å². The summed E-state index contributed by atoms with van der Waals surface area (Å²) in [7, 11) is 4.15. The number of aryl methyl sites for hydroxylation is 1. The molecule has 0 amide bonds. The van der Waals surface area contributed by atoms with E-state index in [1.807, 2.05) is 0 Å². The molecule has 28 heavy (non-hydrogen) atoms. The maximum Gasteiger partial charge on any atom is 0.191 e. The van der Waals surface area contributed by atoms with Crippen molar-refractivity contribution in [3.8, 4) is 0 Å². The highest BCUT2D eigenvalue weighted by Crippen LogP contribution is 2.38. The first-order chi connectivity index (χ1) is 13.0. The molecule has 2 rings (SSSR count). The Kier molecular flexibility index (Phi) is 11.2. The molecule has 6 heteroatoms. The van der Waals surface area contributed by atoms with Crippen LogP contribution < -0.4 is 15.5 Å². The number of hydrogen-bond acceptors (Lipinski definition) is 3. The lowest BCUT2D eigenvalue weighted by molar-refractivity contribution is 0.131. The Bertz CT molecular complexity index is 607. The van der Waals surface area contributed by atoms with Gasteiger partial charge in [-0.15, -0.1) is 24.0 Å². The molecule has 1 aliphatic rings. The lowest BCUT2D eigenvalue weighted by Gasteiger charge is -2.37. The SMILES string of the molecule is CCNC(=NCc1ccc(C)cc1N(C)C)NCC1(CCO)CCCCC1.I. The van der Waals surface area contributed by atoms with E-state index in [0.717, 1.165) is 25.5 Å². The van der Waals surface area contributed by atoms with Crippen molar-refractivity contribution in [2.45, 2.75) is 58.9 Å². The molecule has 1 saturated carbocycles. The summed E-state index contributed by atoms with van der Waals surface area (Å²) in [6.45, 7) is 6.86. The zero-order valence-electron chi connectivity index (χ0n) is 18.1. The van der Waals surface area contributed by atoms with E-state index in [4.69, 9.17) is 4.99 Å². The Labute approximate surface area is 188 Å². The van der Waals surface area contributed by atoms with Crippen molar-refractivity contribution >= 4 is 35.6 Å². The second kappa shape index (κ2) is 12.5. The lowest BCUT2D eigenvalue weighted by atomic mass is 9.72. The molecule has 1 aliphatic carbocycles. The third kappa shape index (κ3) is 7.43. The van der Waals surface area contributed by atoms with Crippen LogP contribution in [0.2, 0.25) is 0 Å². The zero-order valence-corrected chi connectivity index (χ0v) is 20.4. The van der Waals surface area contributed by atoms with Gasteiger partial charge >= 0.3 is 0 Å². The van der Waals surface area contributed by atoms with Crippen LogP contribution in [0.4, 0.5) is 5.69 Å². The van der Waals surface area contributed by atoms with Gasteiger partial charge in [0.05, 0.1) is 6.54 Å². The molecule has 0 unspecified atom stereocenters. The first-order valence-electron chi connectivity index (χ1n) is 10.4. The minimum absolute atomic E-state index is 0. The Morgan fingerprint density at radius 1 is 1.18 bits per heavy atom. The lowest BCUT2D eigenvalue weighted by Crippen LogP contribution is -2.45. The predicted molar refractivity (Wildman–Crippen MR) is 131 cm³/mol. The molecule has 0 aliphatic heterocycles. The van der Waals surface area contributed by atoms with Crippen molar-refractivity contribution in [3.05, 3.63) is 29.3 Å². The molecule has 0 radical (unpaired) electrons. The average Bonchev–Trinajstić information content (AvgIpc) is 2.65. The van der Waals surface area contributed by atoms with Gasteiger partial charge in [0.1, 0.15) is 0 Å². The first-order valence-corrected chi connectivity index (χ1v) is 10.4. The van der Waals surface area contributed by atoms with Crippen molar-refractivity contribution in [2.24, 2.45) is 10.4 Å². The van der Waals surface area contributed by atoms with Crippen molar-refractivity contribution in [3.63, 3.8) is 0 Å². The van der Waals surface area contributed by atoms with E-state index in [2.05, 4.69) is 61.7 Å². The number of rotatable bonds is 8. The molecular weight excluding hydrogens is 463 g/mol.